The number of carbonyl (C=O) groups is 5. The molecule has 1 saturated heterocycles. The van der Waals surface area contributed by atoms with Crippen molar-refractivity contribution in [2.24, 2.45) is 17.4 Å². The molecule has 0 radical (unpaired) electrons. The number of hydrogen-bond donors (Lipinski definition) is 4. The summed E-state index contributed by atoms with van der Waals surface area (Å²) < 4.78 is 17.3. The van der Waals surface area contributed by atoms with Crippen molar-refractivity contribution in [3.8, 4) is 11.5 Å². The summed E-state index contributed by atoms with van der Waals surface area (Å²) in [4.78, 5) is 83.8. The number of rotatable bonds is 19. The first-order valence-corrected chi connectivity index (χ1v) is 23.1. The Morgan fingerprint density at radius 3 is 1.94 bits per heavy atom. The minimum atomic E-state index is -0.671. The summed E-state index contributed by atoms with van der Waals surface area (Å²) in [6.07, 6.45) is 4.92. The van der Waals surface area contributed by atoms with Crippen LogP contribution in [0.4, 0.5) is 11.9 Å². The molecule has 0 bridgehead atoms. The molecule has 1 aliphatic rings. The number of piperazine rings is 1. The number of imidazole rings is 2. The van der Waals surface area contributed by atoms with E-state index >= 15 is 0 Å². The van der Waals surface area contributed by atoms with Crippen LogP contribution in [0.5, 0.6) is 11.5 Å². The number of nitrogens with zero attached hydrogens (tertiary/aromatic N) is 9. The molecule has 0 unspecified atom stereocenters. The lowest BCUT2D eigenvalue weighted by Gasteiger charge is -2.35. The van der Waals surface area contributed by atoms with E-state index in [0.29, 0.717) is 94.6 Å². The fraction of sp³-hybridized carbons (Fsp3) is 0.413. The van der Waals surface area contributed by atoms with E-state index in [1.54, 1.807) is 38.9 Å². The average Bonchev–Trinajstić information content (AvgIpc) is 4.07. The SMILES string of the molecule is CCc1nc(C)sc1C(=O)Nc1nc2cc(C(N)=O)cc(OCCCN3CCN(C(=O)C(C)C)CC3)c2n1C/C=C/Cn1c(NC(=O)c2cc(C)nn2CC)nc2cc(C(N)=O)cc(OC)c21. The molecule has 0 saturated carbocycles. The molecule has 6 aromatic rings. The first-order chi connectivity index (χ1) is 32.1. The molecular weight excluding hydrogens is 879 g/mol. The smallest absolute Gasteiger partial charge is 0.276 e. The van der Waals surface area contributed by atoms with Gasteiger partial charge in [0.1, 0.15) is 33.1 Å². The summed E-state index contributed by atoms with van der Waals surface area (Å²) in [5.74, 6) is -1.01. The number of amides is 5. The largest absolute Gasteiger partial charge is 0.494 e. The van der Waals surface area contributed by atoms with Crippen molar-refractivity contribution in [2.75, 3.05) is 57.1 Å². The first kappa shape index (κ1) is 47.8. The standard InChI is InChI=1S/C46H57N13O7S/c1-8-31-39(67-28(6)49-31)43(63)53-46-51-33-23-30(41(48)61)25-36(66-20-12-13-55-16-18-56(19-17-55)44(64)26(3)4)38(33)58(46)15-11-10-14-57-37-32(22-29(40(47)60)24-35(37)65-7)50-45(57)52-42(62)34-21-27(5)54-59(34)9-2/h10-11,21-26H,8-9,12-20H2,1-7H3,(H2,47,60)(H2,48,61)(H,50,52,62)(H,51,53,63)/b11-10+. The van der Waals surface area contributed by atoms with Crippen LogP contribution in [0.2, 0.25) is 0 Å². The number of benzene rings is 2. The van der Waals surface area contributed by atoms with Gasteiger partial charge in [-0.05, 0) is 63.9 Å². The Morgan fingerprint density at radius 1 is 0.806 bits per heavy atom. The van der Waals surface area contributed by atoms with Gasteiger partial charge in [0.05, 0.1) is 41.1 Å². The highest BCUT2D eigenvalue weighted by atomic mass is 32.1. The number of aromatic nitrogens is 7. The molecule has 0 atom stereocenters. The van der Waals surface area contributed by atoms with Gasteiger partial charge in [-0.25, -0.2) is 15.0 Å². The summed E-state index contributed by atoms with van der Waals surface area (Å²) in [7, 11) is 1.46. The third-order valence-corrected chi connectivity index (χ3v) is 12.4. The van der Waals surface area contributed by atoms with E-state index in [0.717, 1.165) is 24.6 Å². The van der Waals surface area contributed by atoms with Gasteiger partial charge in [-0.3, -0.25) is 44.2 Å². The van der Waals surface area contributed by atoms with E-state index in [9.17, 15) is 24.0 Å². The van der Waals surface area contributed by atoms with Crippen LogP contribution >= 0.6 is 11.3 Å². The Kier molecular flexibility index (Phi) is 14.7. The van der Waals surface area contributed by atoms with Gasteiger partial charge in [0.15, 0.2) is 0 Å². The second-order valence-corrected chi connectivity index (χ2v) is 17.7. The number of carbonyl (C=O) groups excluding carboxylic acids is 5. The molecule has 0 spiro atoms. The highest BCUT2D eigenvalue weighted by molar-refractivity contribution is 7.13. The van der Waals surface area contributed by atoms with E-state index in [2.05, 4.69) is 25.6 Å². The molecule has 1 aliphatic heterocycles. The van der Waals surface area contributed by atoms with Gasteiger partial charge in [-0.15, -0.1) is 11.3 Å². The fourth-order valence-electron chi connectivity index (χ4n) is 8.12. The van der Waals surface area contributed by atoms with Gasteiger partial charge in [-0.1, -0.05) is 32.9 Å². The molecule has 0 aliphatic carbocycles. The van der Waals surface area contributed by atoms with Gasteiger partial charge in [0, 0.05) is 69.4 Å². The number of anilines is 2. The van der Waals surface area contributed by atoms with Gasteiger partial charge in [0.2, 0.25) is 29.6 Å². The quantitative estimate of drug-likeness (QED) is 0.0633. The number of nitrogens with one attached hydrogen (secondary N) is 2. The lowest BCUT2D eigenvalue weighted by molar-refractivity contribution is -0.136. The Labute approximate surface area is 391 Å². The summed E-state index contributed by atoms with van der Waals surface area (Å²) in [6.45, 7) is 16.0. The predicted molar refractivity (Wildman–Crippen MR) is 255 cm³/mol. The van der Waals surface area contributed by atoms with Gasteiger partial charge in [0.25, 0.3) is 11.8 Å². The molecule has 4 aromatic heterocycles. The van der Waals surface area contributed by atoms with E-state index in [1.165, 1.54) is 30.6 Å². The third-order valence-electron chi connectivity index (χ3n) is 11.4. The van der Waals surface area contributed by atoms with Crippen molar-refractivity contribution in [1.29, 1.82) is 0 Å². The molecule has 6 N–H and O–H groups in total. The normalized spacial score (nSPS) is 13.3. The number of nitrogens with two attached hydrogens (primary N) is 2. The topological polar surface area (TPSA) is 253 Å². The van der Waals surface area contributed by atoms with E-state index < -0.39 is 17.7 Å². The summed E-state index contributed by atoms with van der Waals surface area (Å²) >= 11 is 1.29. The molecular formula is C46H57N13O7S. The number of fused-ring (bicyclic) bond motifs is 2. The molecule has 21 heteroatoms. The molecule has 354 valence electrons. The van der Waals surface area contributed by atoms with E-state index in [1.807, 2.05) is 51.7 Å². The van der Waals surface area contributed by atoms with Crippen LogP contribution in [0.25, 0.3) is 22.1 Å². The molecule has 5 amide bonds. The number of thiazole rings is 1. The molecule has 7 rings (SSSR count). The van der Waals surface area contributed by atoms with Crippen molar-refractivity contribution < 1.29 is 33.4 Å². The lowest BCUT2D eigenvalue weighted by atomic mass is 10.1. The van der Waals surface area contributed by atoms with Crippen molar-refractivity contribution in [2.45, 2.75) is 74.0 Å². The van der Waals surface area contributed by atoms with Crippen LogP contribution in [-0.4, -0.2) is 120 Å². The number of methoxy groups -OCH3 is 1. The van der Waals surface area contributed by atoms with E-state index in [-0.39, 0.29) is 53.8 Å². The van der Waals surface area contributed by atoms with Crippen LogP contribution < -0.4 is 31.6 Å². The summed E-state index contributed by atoms with van der Waals surface area (Å²) in [5.41, 5.74) is 15.3. The fourth-order valence-corrected chi connectivity index (χ4v) is 9.03. The van der Waals surface area contributed by atoms with Crippen LogP contribution in [0.3, 0.4) is 0 Å². The number of ether oxygens (including phenoxy) is 2. The minimum Gasteiger partial charge on any atom is -0.494 e. The van der Waals surface area contributed by atoms with Crippen LogP contribution in [0.15, 0.2) is 42.5 Å². The molecule has 67 heavy (non-hydrogen) atoms. The molecule has 1 fully saturated rings. The van der Waals surface area contributed by atoms with Crippen LogP contribution in [-0.2, 0) is 30.8 Å². The number of allylic oxidation sites excluding steroid dienone is 2. The Bertz CT molecular complexity index is 2880. The summed E-state index contributed by atoms with van der Waals surface area (Å²) in [5, 5.41) is 11.1. The van der Waals surface area contributed by atoms with E-state index in [4.69, 9.17) is 30.9 Å². The monoisotopic (exact) mass is 935 g/mol. The predicted octanol–water partition coefficient (Wildman–Crippen LogP) is 4.77. The Hall–Kier alpha value is -7.13. The Balaban J connectivity index is 1.21. The van der Waals surface area contributed by atoms with Crippen LogP contribution in [0.1, 0.15) is 91.4 Å². The number of hydrogen-bond acceptors (Lipinski definition) is 13. The highest BCUT2D eigenvalue weighted by Crippen LogP contribution is 2.33. The van der Waals surface area contributed by atoms with Crippen molar-refractivity contribution in [3.63, 3.8) is 0 Å². The van der Waals surface area contributed by atoms with Gasteiger partial charge >= 0.3 is 0 Å². The maximum absolute atomic E-state index is 13.9. The average molecular weight is 936 g/mol. The van der Waals surface area contributed by atoms with Crippen molar-refractivity contribution in [1.82, 2.24) is 43.7 Å². The maximum atomic E-state index is 13.9. The maximum Gasteiger partial charge on any atom is 0.276 e. The highest BCUT2D eigenvalue weighted by Gasteiger charge is 2.26. The third kappa shape index (κ3) is 10.5. The lowest BCUT2D eigenvalue weighted by Crippen LogP contribution is -2.50. The van der Waals surface area contributed by atoms with Crippen molar-refractivity contribution in [3.05, 3.63) is 80.6 Å². The molecule has 2 aromatic carbocycles. The zero-order chi connectivity index (χ0) is 48.1. The Morgan fingerprint density at radius 2 is 1.39 bits per heavy atom. The molecule has 5 heterocycles. The van der Waals surface area contributed by atoms with Crippen LogP contribution in [0, 0.1) is 19.8 Å². The zero-order valence-electron chi connectivity index (χ0n) is 38.8. The number of aryl methyl sites for hydroxylation is 4. The second-order valence-electron chi connectivity index (χ2n) is 16.5. The van der Waals surface area contributed by atoms with Gasteiger partial charge < -0.3 is 35.0 Å². The van der Waals surface area contributed by atoms with Crippen molar-refractivity contribution >= 4 is 74.8 Å². The second kappa shape index (κ2) is 20.6. The summed E-state index contributed by atoms with van der Waals surface area (Å²) in [6, 6.07) is 7.90. The minimum absolute atomic E-state index is 0.0449. The van der Waals surface area contributed by atoms with Gasteiger partial charge in [-0.2, -0.15) is 5.10 Å². The first-order valence-electron chi connectivity index (χ1n) is 22.2. The zero-order valence-corrected chi connectivity index (χ0v) is 39.7. The molecule has 20 nitrogen and oxygen atoms in total. The number of primary amides is 2.